The summed E-state index contributed by atoms with van der Waals surface area (Å²) >= 11 is 1.01. The molecule has 2 fully saturated rings. The molecular formula is C13H17NO4S2. The van der Waals surface area contributed by atoms with Crippen molar-refractivity contribution in [2.24, 2.45) is 11.8 Å². The van der Waals surface area contributed by atoms with E-state index in [1.807, 2.05) is 0 Å². The van der Waals surface area contributed by atoms with Crippen molar-refractivity contribution >= 4 is 27.3 Å². The molecule has 1 aromatic rings. The summed E-state index contributed by atoms with van der Waals surface area (Å²) in [6.07, 6.45) is 4.36. The summed E-state index contributed by atoms with van der Waals surface area (Å²) in [5.41, 5.74) is 0. The molecule has 2 aliphatic rings. The van der Waals surface area contributed by atoms with Crippen LogP contribution in [0.25, 0.3) is 0 Å². The predicted molar refractivity (Wildman–Crippen MR) is 75.6 cm³/mol. The van der Waals surface area contributed by atoms with Crippen LogP contribution in [0.1, 0.15) is 40.2 Å². The number of carboxylic acid groups (broad SMARTS) is 1. The summed E-state index contributed by atoms with van der Waals surface area (Å²) in [4.78, 5) is 11.7. The highest BCUT2D eigenvalue weighted by molar-refractivity contribution is 7.89. The predicted octanol–water partition coefficient (Wildman–Crippen LogP) is 2.22. The number of sulfonamides is 1. The zero-order chi connectivity index (χ0) is 14.5. The molecule has 0 saturated heterocycles. The Kier molecular flexibility index (Phi) is 3.38. The molecule has 0 amide bonds. The number of aryl methyl sites for hydroxylation is 1. The lowest BCUT2D eigenvalue weighted by Gasteiger charge is -2.17. The van der Waals surface area contributed by atoms with Crippen LogP contribution in [0.5, 0.6) is 0 Å². The Hall–Kier alpha value is -0.920. The van der Waals surface area contributed by atoms with E-state index in [-0.39, 0.29) is 15.8 Å². The van der Waals surface area contributed by atoms with Crippen molar-refractivity contribution in [1.29, 1.82) is 0 Å². The number of aromatic carboxylic acids is 1. The van der Waals surface area contributed by atoms with E-state index in [1.165, 1.54) is 6.07 Å². The van der Waals surface area contributed by atoms with Gasteiger partial charge in [-0.3, -0.25) is 0 Å². The van der Waals surface area contributed by atoms with Crippen molar-refractivity contribution in [2.45, 2.75) is 43.5 Å². The molecule has 7 heteroatoms. The fourth-order valence-electron chi connectivity index (χ4n) is 2.57. The van der Waals surface area contributed by atoms with Crippen molar-refractivity contribution in [2.75, 3.05) is 0 Å². The fourth-order valence-corrected chi connectivity index (χ4v) is 5.37. The minimum absolute atomic E-state index is 0.0348. The molecule has 1 heterocycles. The number of carboxylic acids is 1. The van der Waals surface area contributed by atoms with Gasteiger partial charge < -0.3 is 5.11 Å². The van der Waals surface area contributed by atoms with Gasteiger partial charge in [0.15, 0.2) is 0 Å². The van der Waals surface area contributed by atoms with Crippen LogP contribution in [0.2, 0.25) is 0 Å². The molecule has 110 valence electrons. The maximum atomic E-state index is 12.5. The van der Waals surface area contributed by atoms with E-state index >= 15 is 0 Å². The summed E-state index contributed by atoms with van der Waals surface area (Å²) in [5.74, 6) is -0.147. The minimum atomic E-state index is -3.62. The van der Waals surface area contributed by atoms with E-state index in [9.17, 15) is 13.2 Å². The summed E-state index contributed by atoms with van der Waals surface area (Å²) in [7, 11) is -3.62. The third-order valence-electron chi connectivity index (χ3n) is 3.92. The minimum Gasteiger partial charge on any atom is -0.477 e. The van der Waals surface area contributed by atoms with E-state index < -0.39 is 16.0 Å². The van der Waals surface area contributed by atoms with Gasteiger partial charge in [-0.25, -0.2) is 17.9 Å². The second kappa shape index (κ2) is 4.82. The molecule has 0 aliphatic heterocycles. The number of thiophene rings is 1. The maximum Gasteiger partial charge on any atom is 0.345 e. The molecule has 0 atom stereocenters. The van der Waals surface area contributed by atoms with Crippen LogP contribution in [0.4, 0.5) is 0 Å². The van der Waals surface area contributed by atoms with Crippen LogP contribution in [-0.4, -0.2) is 25.5 Å². The molecule has 0 spiro atoms. The lowest BCUT2D eigenvalue weighted by atomic mass is 10.1. The quantitative estimate of drug-likeness (QED) is 0.843. The van der Waals surface area contributed by atoms with Gasteiger partial charge in [0.05, 0.1) is 4.90 Å². The van der Waals surface area contributed by atoms with Gasteiger partial charge in [-0.2, -0.15) is 0 Å². The number of rotatable bonds is 6. The van der Waals surface area contributed by atoms with E-state index in [4.69, 9.17) is 5.11 Å². The number of hydrogen-bond donors (Lipinski definition) is 2. The molecule has 0 bridgehead atoms. The first-order valence-electron chi connectivity index (χ1n) is 6.74. The maximum absolute atomic E-state index is 12.5. The van der Waals surface area contributed by atoms with E-state index in [2.05, 4.69) is 4.72 Å². The van der Waals surface area contributed by atoms with Gasteiger partial charge >= 0.3 is 5.97 Å². The van der Waals surface area contributed by atoms with Gasteiger partial charge in [0.2, 0.25) is 10.0 Å². The van der Waals surface area contributed by atoms with Crippen molar-refractivity contribution in [3.8, 4) is 0 Å². The average Bonchev–Trinajstić information content (AvgIpc) is 3.24. The van der Waals surface area contributed by atoms with Crippen LogP contribution in [-0.2, 0) is 10.0 Å². The highest BCUT2D eigenvalue weighted by atomic mass is 32.2. The molecule has 3 rings (SSSR count). The van der Waals surface area contributed by atoms with Crippen molar-refractivity contribution < 1.29 is 18.3 Å². The van der Waals surface area contributed by atoms with Crippen LogP contribution >= 0.6 is 11.3 Å². The number of nitrogens with one attached hydrogen (secondary N) is 1. The first-order chi connectivity index (χ1) is 9.38. The van der Waals surface area contributed by atoms with Gasteiger partial charge in [0.1, 0.15) is 4.88 Å². The fraction of sp³-hybridized carbons (Fsp3) is 0.615. The zero-order valence-electron chi connectivity index (χ0n) is 11.1. The summed E-state index contributed by atoms with van der Waals surface area (Å²) in [6, 6.07) is 1.30. The normalized spacial score (nSPS) is 19.5. The third kappa shape index (κ3) is 2.75. The first-order valence-corrected chi connectivity index (χ1v) is 9.04. The Labute approximate surface area is 122 Å². The molecule has 20 heavy (non-hydrogen) atoms. The molecule has 0 unspecified atom stereocenters. The Balaban J connectivity index is 1.85. The second-order valence-corrected chi connectivity index (χ2v) is 8.60. The second-order valence-electron chi connectivity index (χ2n) is 5.66. The monoisotopic (exact) mass is 315 g/mol. The standard InChI is InChI=1S/C13H17NO4S2/c1-7-11(6-10(19-7)13(15)16)20(17,18)14-12(8-2-3-8)9-4-5-9/h6,8-9,12,14H,2-5H2,1H3,(H,15,16). The Morgan fingerprint density at radius 2 is 1.90 bits per heavy atom. The molecular weight excluding hydrogens is 298 g/mol. The van der Waals surface area contributed by atoms with E-state index in [0.717, 1.165) is 37.0 Å². The van der Waals surface area contributed by atoms with Crippen molar-refractivity contribution in [3.05, 3.63) is 15.8 Å². The van der Waals surface area contributed by atoms with Gasteiger partial charge in [0.25, 0.3) is 0 Å². The summed E-state index contributed by atoms with van der Waals surface area (Å²) in [5, 5.41) is 8.96. The number of carbonyl (C=O) groups is 1. The van der Waals surface area contributed by atoms with Crippen LogP contribution in [0, 0.1) is 18.8 Å². The highest BCUT2D eigenvalue weighted by Crippen LogP contribution is 2.45. The van der Waals surface area contributed by atoms with Gasteiger partial charge in [0, 0.05) is 10.9 Å². The highest BCUT2D eigenvalue weighted by Gasteiger charge is 2.43. The smallest absolute Gasteiger partial charge is 0.345 e. The van der Waals surface area contributed by atoms with Crippen molar-refractivity contribution in [1.82, 2.24) is 4.72 Å². The molecule has 0 aromatic carbocycles. The van der Waals surface area contributed by atoms with Gasteiger partial charge in [-0.05, 0) is 50.5 Å². The topological polar surface area (TPSA) is 83.5 Å². The third-order valence-corrected chi connectivity index (χ3v) is 6.68. The summed E-state index contributed by atoms with van der Waals surface area (Å²) in [6.45, 7) is 1.65. The van der Waals surface area contributed by atoms with Crippen LogP contribution < -0.4 is 4.72 Å². The summed E-state index contributed by atoms with van der Waals surface area (Å²) < 4.78 is 27.7. The molecule has 1 aromatic heterocycles. The zero-order valence-corrected chi connectivity index (χ0v) is 12.8. The van der Waals surface area contributed by atoms with Gasteiger partial charge in [-0.15, -0.1) is 11.3 Å². The Morgan fingerprint density at radius 3 is 2.30 bits per heavy atom. The average molecular weight is 315 g/mol. The van der Waals surface area contributed by atoms with Crippen LogP contribution in [0.15, 0.2) is 11.0 Å². The Morgan fingerprint density at radius 1 is 1.35 bits per heavy atom. The lowest BCUT2D eigenvalue weighted by Crippen LogP contribution is -2.38. The molecule has 5 nitrogen and oxygen atoms in total. The van der Waals surface area contributed by atoms with Gasteiger partial charge in [-0.1, -0.05) is 0 Å². The molecule has 2 saturated carbocycles. The van der Waals surface area contributed by atoms with Crippen LogP contribution in [0.3, 0.4) is 0 Å². The van der Waals surface area contributed by atoms with E-state index in [0.29, 0.717) is 16.7 Å². The largest absolute Gasteiger partial charge is 0.477 e. The van der Waals surface area contributed by atoms with Crippen molar-refractivity contribution in [3.63, 3.8) is 0 Å². The molecule has 2 aliphatic carbocycles. The first kappa shape index (κ1) is 14.0. The molecule has 0 radical (unpaired) electrons. The SMILES string of the molecule is Cc1sc(C(=O)O)cc1S(=O)(=O)NC(C1CC1)C1CC1. The number of hydrogen-bond acceptors (Lipinski definition) is 4. The lowest BCUT2D eigenvalue weighted by molar-refractivity contribution is 0.0702. The Bertz CT molecular complexity index is 629. The molecule has 2 N–H and O–H groups in total. The van der Waals surface area contributed by atoms with E-state index in [1.54, 1.807) is 6.92 Å².